The summed E-state index contributed by atoms with van der Waals surface area (Å²) in [5.74, 6) is 1.15. The molecule has 1 saturated carbocycles. The molecule has 0 amide bonds. The number of likely N-dealkylation sites (N-methyl/N-ethyl adjacent to an activating group) is 1. The van der Waals surface area contributed by atoms with Gasteiger partial charge in [0.25, 0.3) is 0 Å². The van der Waals surface area contributed by atoms with Crippen LogP contribution in [0.5, 0.6) is 0 Å². The predicted octanol–water partition coefficient (Wildman–Crippen LogP) is 1.16. The minimum absolute atomic E-state index is 0.333. The SMILES string of the molecule is CN(C)CC1(NC2=NCCS2)CCC1. The second-order valence-corrected chi connectivity index (χ2v) is 5.62. The van der Waals surface area contributed by atoms with Crippen molar-refractivity contribution in [3.05, 3.63) is 0 Å². The lowest BCUT2D eigenvalue weighted by Gasteiger charge is -2.44. The van der Waals surface area contributed by atoms with Crippen LogP contribution in [0, 0.1) is 0 Å². The van der Waals surface area contributed by atoms with Crippen molar-refractivity contribution in [1.82, 2.24) is 10.2 Å². The zero-order valence-electron chi connectivity index (χ0n) is 9.05. The molecule has 1 aliphatic heterocycles. The molecule has 0 aromatic rings. The Morgan fingerprint density at radius 2 is 2.29 bits per heavy atom. The molecule has 0 radical (unpaired) electrons. The number of amidine groups is 1. The van der Waals surface area contributed by atoms with Gasteiger partial charge in [0.1, 0.15) is 0 Å². The third-order valence-electron chi connectivity index (χ3n) is 2.89. The molecule has 14 heavy (non-hydrogen) atoms. The van der Waals surface area contributed by atoms with E-state index in [4.69, 9.17) is 0 Å². The fourth-order valence-electron chi connectivity index (χ4n) is 2.17. The van der Waals surface area contributed by atoms with Gasteiger partial charge < -0.3 is 10.2 Å². The number of thioether (sulfide) groups is 1. The molecule has 4 heteroatoms. The van der Waals surface area contributed by atoms with Crippen LogP contribution in [0.2, 0.25) is 0 Å². The monoisotopic (exact) mass is 213 g/mol. The molecule has 0 aromatic heterocycles. The Morgan fingerprint density at radius 1 is 1.50 bits per heavy atom. The molecule has 0 aromatic carbocycles. The summed E-state index contributed by atoms with van der Waals surface area (Å²) >= 11 is 1.87. The van der Waals surface area contributed by atoms with Crippen molar-refractivity contribution >= 4 is 16.9 Å². The lowest BCUT2D eigenvalue weighted by atomic mass is 9.76. The van der Waals surface area contributed by atoms with Crippen LogP contribution in [0.25, 0.3) is 0 Å². The third kappa shape index (κ3) is 2.23. The maximum absolute atomic E-state index is 4.46. The second-order valence-electron chi connectivity index (χ2n) is 4.53. The van der Waals surface area contributed by atoms with E-state index in [0.29, 0.717) is 5.54 Å². The maximum atomic E-state index is 4.46. The minimum Gasteiger partial charge on any atom is -0.358 e. The molecule has 3 nitrogen and oxygen atoms in total. The molecule has 1 heterocycles. The van der Waals surface area contributed by atoms with E-state index in [9.17, 15) is 0 Å². The molecular weight excluding hydrogens is 194 g/mol. The van der Waals surface area contributed by atoms with Gasteiger partial charge in [-0.2, -0.15) is 0 Å². The summed E-state index contributed by atoms with van der Waals surface area (Å²) in [6.07, 6.45) is 3.95. The average molecular weight is 213 g/mol. The summed E-state index contributed by atoms with van der Waals surface area (Å²) in [6.45, 7) is 2.12. The lowest BCUT2D eigenvalue weighted by molar-refractivity contribution is 0.161. The van der Waals surface area contributed by atoms with Crippen LogP contribution in [-0.2, 0) is 0 Å². The Kier molecular flexibility index (Phi) is 3.02. The predicted molar refractivity (Wildman–Crippen MR) is 63.0 cm³/mol. The smallest absolute Gasteiger partial charge is 0.157 e. The normalized spacial score (nSPS) is 24.6. The van der Waals surface area contributed by atoms with E-state index in [1.165, 1.54) is 24.4 Å². The van der Waals surface area contributed by atoms with Crippen LogP contribution >= 0.6 is 11.8 Å². The van der Waals surface area contributed by atoms with Crippen LogP contribution in [0.4, 0.5) is 0 Å². The van der Waals surface area contributed by atoms with Crippen LogP contribution in [-0.4, -0.2) is 48.5 Å². The van der Waals surface area contributed by atoms with Gasteiger partial charge in [0.2, 0.25) is 0 Å². The molecule has 0 saturated heterocycles. The Morgan fingerprint density at radius 3 is 2.71 bits per heavy atom. The van der Waals surface area contributed by atoms with E-state index in [1.54, 1.807) is 0 Å². The van der Waals surface area contributed by atoms with Gasteiger partial charge >= 0.3 is 0 Å². The molecule has 0 spiro atoms. The van der Waals surface area contributed by atoms with Crippen LogP contribution in [0.3, 0.4) is 0 Å². The van der Waals surface area contributed by atoms with E-state index in [0.717, 1.165) is 18.8 Å². The summed E-state index contributed by atoms with van der Waals surface area (Å²) in [6, 6.07) is 0. The van der Waals surface area contributed by atoms with E-state index >= 15 is 0 Å². The zero-order chi connectivity index (χ0) is 10.0. The highest BCUT2D eigenvalue weighted by Crippen LogP contribution is 2.33. The van der Waals surface area contributed by atoms with Crippen molar-refractivity contribution in [2.75, 3.05) is 32.9 Å². The number of rotatable bonds is 3. The quantitative estimate of drug-likeness (QED) is 0.762. The maximum Gasteiger partial charge on any atom is 0.157 e. The van der Waals surface area contributed by atoms with E-state index in [1.807, 2.05) is 11.8 Å². The summed E-state index contributed by atoms with van der Waals surface area (Å²) < 4.78 is 0. The van der Waals surface area contributed by atoms with Gasteiger partial charge in [-0.15, -0.1) is 0 Å². The molecule has 1 fully saturated rings. The first kappa shape index (κ1) is 10.3. The molecular formula is C10H19N3S. The average Bonchev–Trinajstić information content (AvgIpc) is 2.51. The molecule has 0 bridgehead atoms. The van der Waals surface area contributed by atoms with Crippen LogP contribution in [0.15, 0.2) is 4.99 Å². The van der Waals surface area contributed by atoms with Crippen molar-refractivity contribution in [3.63, 3.8) is 0 Å². The Hall–Kier alpha value is -0.220. The highest BCUT2D eigenvalue weighted by molar-refractivity contribution is 8.14. The Balaban J connectivity index is 1.91. The van der Waals surface area contributed by atoms with E-state index in [2.05, 4.69) is 29.3 Å². The topological polar surface area (TPSA) is 27.6 Å². The number of hydrogen-bond donors (Lipinski definition) is 1. The summed E-state index contributed by atoms with van der Waals surface area (Å²) in [5.41, 5.74) is 0.333. The molecule has 1 N–H and O–H groups in total. The number of nitrogens with zero attached hydrogens (tertiary/aromatic N) is 2. The number of hydrogen-bond acceptors (Lipinski definition) is 4. The Bertz CT molecular complexity index is 234. The van der Waals surface area contributed by atoms with Crippen molar-refractivity contribution in [2.45, 2.75) is 24.8 Å². The molecule has 1 aliphatic carbocycles. The van der Waals surface area contributed by atoms with Crippen LogP contribution in [0.1, 0.15) is 19.3 Å². The molecule has 0 unspecified atom stereocenters. The van der Waals surface area contributed by atoms with Crippen molar-refractivity contribution in [1.29, 1.82) is 0 Å². The zero-order valence-corrected chi connectivity index (χ0v) is 9.86. The fraction of sp³-hybridized carbons (Fsp3) is 0.900. The third-order valence-corrected chi connectivity index (χ3v) is 3.78. The first-order valence-electron chi connectivity index (χ1n) is 5.30. The molecule has 80 valence electrons. The Labute approximate surface area is 90.3 Å². The van der Waals surface area contributed by atoms with Gasteiger partial charge in [0, 0.05) is 12.3 Å². The van der Waals surface area contributed by atoms with Crippen molar-refractivity contribution in [3.8, 4) is 0 Å². The standard InChI is InChI=1S/C10H19N3S/c1-13(2)8-10(4-3-5-10)12-9-11-6-7-14-9/h3-8H2,1-2H3,(H,11,12). The highest BCUT2D eigenvalue weighted by Gasteiger charge is 2.38. The van der Waals surface area contributed by atoms with Crippen molar-refractivity contribution in [2.24, 2.45) is 4.99 Å². The highest BCUT2D eigenvalue weighted by atomic mass is 32.2. The van der Waals surface area contributed by atoms with E-state index in [-0.39, 0.29) is 0 Å². The molecule has 0 atom stereocenters. The summed E-state index contributed by atoms with van der Waals surface area (Å²) in [5, 5.41) is 4.80. The minimum atomic E-state index is 0.333. The fourth-order valence-corrected chi connectivity index (χ4v) is 3.02. The molecule has 2 aliphatic rings. The van der Waals surface area contributed by atoms with E-state index < -0.39 is 0 Å². The number of nitrogens with one attached hydrogen (secondary N) is 1. The molecule has 2 rings (SSSR count). The largest absolute Gasteiger partial charge is 0.358 e. The van der Waals surface area contributed by atoms with Crippen molar-refractivity contribution < 1.29 is 0 Å². The number of aliphatic imine (C=N–C) groups is 1. The van der Waals surface area contributed by atoms with Gasteiger partial charge in [-0.05, 0) is 33.4 Å². The van der Waals surface area contributed by atoms with Gasteiger partial charge in [-0.3, -0.25) is 4.99 Å². The van der Waals surface area contributed by atoms with Crippen LogP contribution < -0.4 is 5.32 Å². The van der Waals surface area contributed by atoms with Gasteiger partial charge in [-0.25, -0.2) is 0 Å². The second kappa shape index (κ2) is 4.11. The van der Waals surface area contributed by atoms with Gasteiger partial charge in [0.15, 0.2) is 5.17 Å². The summed E-state index contributed by atoms with van der Waals surface area (Å²) in [4.78, 5) is 6.73. The first-order chi connectivity index (χ1) is 6.70. The lowest BCUT2D eigenvalue weighted by Crippen LogP contribution is -2.58. The van der Waals surface area contributed by atoms with Gasteiger partial charge in [0.05, 0.1) is 12.1 Å². The first-order valence-corrected chi connectivity index (χ1v) is 6.29. The van der Waals surface area contributed by atoms with Gasteiger partial charge in [-0.1, -0.05) is 11.8 Å². The summed E-state index contributed by atoms with van der Waals surface area (Å²) in [7, 11) is 4.29.